The highest BCUT2D eigenvalue weighted by molar-refractivity contribution is 6.43. The third-order valence-corrected chi connectivity index (χ3v) is 2.95. The van der Waals surface area contributed by atoms with Gasteiger partial charge in [-0.2, -0.15) is 0 Å². The Morgan fingerprint density at radius 2 is 1.68 bits per heavy atom. The molecule has 0 spiro atoms. The lowest BCUT2D eigenvalue weighted by molar-refractivity contribution is -0.161. The third kappa shape index (κ3) is 5.27. The van der Waals surface area contributed by atoms with Crippen molar-refractivity contribution in [1.29, 1.82) is 0 Å². The Bertz CT molecular complexity index is 488. The summed E-state index contributed by atoms with van der Waals surface area (Å²) in [5.41, 5.74) is 0. The van der Waals surface area contributed by atoms with E-state index in [1.807, 2.05) is 0 Å². The Labute approximate surface area is 125 Å². The second kappa shape index (κ2) is 7.58. The molecule has 4 nitrogen and oxygen atoms in total. The molecule has 103 valence electrons. The highest BCUT2D eigenvalue weighted by Gasteiger charge is 2.13. The van der Waals surface area contributed by atoms with Crippen molar-refractivity contribution < 1.29 is 19.1 Å². The number of ether oxygens (including phenoxy) is 2. The number of esters is 2. The number of carbonyl (C=O) groups excluding carboxylic acids is 2. The third-order valence-electron chi connectivity index (χ3n) is 1.93. The van der Waals surface area contributed by atoms with Gasteiger partial charge in [-0.05, 0) is 12.5 Å². The van der Waals surface area contributed by atoms with E-state index in [2.05, 4.69) is 11.7 Å². The molecule has 19 heavy (non-hydrogen) atoms. The van der Waals surface area contributed by atoms with Gasteiger partial charge < -0.3 is 9.47 Å². The Morgan fingerprint density at radius 3 is 2.32 bits per heavy atom. The zero-order valence-electron chi connectivity index (χ0n) is 9.75. The first-order valence-corrected chi connectivity index (χ1v) is 6.37. The molecule has 0 saturated heterocycles. The van der Waals surface area contributed by atoms with E-state index in [-0.39, 0.29) is 27.2 Å². The van der Waals surface area contributed by atoms with Crippen molar-refractivity contribution in [2.75, 3.05) is 6.61 Å². The van der Waals surface area contributed by atoms with Crippen LogP contribution in [0.15, 0.2) is 12.1 Å². The molecule has 0 atom stereocenters. The summed E-state index contributed by atoms with van der Waals surface area (Å²) in [6, 6.07) is 2.76. The number of hydrogen-bond donors (Lipinski definition) is 0. The molecule has 1 aromatic rings. The molecule has 0 bridgehead atoms. The van der Waals surface area contributed by atoms with E-state index in [1.54, 1.807) is 0 Å². The standard InChI is InChI=1S/C12H10Cl3O4/c1-2-3-11(16)19-12(17)6-18-10-5-8(14)7(13)4-9(10)15/h4-5H,1-3,6H2. The zero-order chi connectivity index (χ0) is 14.4. The first-order chi connectivity index (χ1) is 8.93. The SMILES string of the molecule is [CH2]CCC(=O)OC(=O)COc1cc(Cl)c(Cl)cc1Cl. The minimum atomic E-state index is -0.819. The van der Waals surface area contributed by atoms with Crippen LogP contribution in [0.5, 0.6) is 5.75 Å². The first-order valence-electron chi connectivity index (χ1n) is 5.24. The summed E-state index contributed by atoms with van der Waals surface area (Å²) in [5.74, 6) is -1.29. The van der Waals surface area contributed by atoms with Crippen molar-refractivity contribution in [2.45, 2.75) is 12.8 Å². The number of rotatable bonds is 5. The van der Waals surface area contributed by atoms with E-state index in [9.17, 15) is 9.59 Å². The molecule has 1 rings (SSSR count). The molecule has 1 radical (unpaired) electrons. The van der Waals surface area contributed by atoms with Crippen molar-refractivity contribution in [3.8, 4) is 5.75 Å². The highest BCUT2D eigenvalue weighted by atomic mass is 35.5. The molecule has 0 aliphatic heterocycles. The molecule has 7 heteroatoms. The van der Waals surface area contributed by atoms with Crippen LogP contribution in [0.3, 0.4) is 0 Å². The molecule has 0 unspecified atom stereocenters. The monoisotopic (exact) mass is 323 g/mol. The number of hydrogen-bond acceptors (Lipinski definition) is 4. The van der Waals surface area contributed by atoms with Gasteiger partial charge in [0.1, 0.15) is 5.75 Å². The van der Waals surface area contributed by atoms with E-state index in [0.29, 0.717) is 6.42 Å². The highest BCUT2D eigenvalue weighted by Crippen LogP contribution is 2.33. The molecule has 1 aromatic carbocycles. The van der Waals surface area contributed by atoms with Crippen LogP contribution >= 0.6 is 34.8 Å². The Balaban J connectivity index is 2.55. The summed E-state index contributed by atoms with van der Waals surface area (Å²) in [5, 5.41) is 0.709. The molecule has 0 aromatic heterocycles. The van der Waals surface area contributed by atoms with Gasteiger partial charge in [0.05, 0.1) is 15.1 Å². The van der Waals surface area contributed by atoms with Crippen molar-refractivity contribution in [2.24, 2.45) is 0 Å². The summed E-state index contributed by atoms with van der Waals surface area (Å²) in [4.78, 5) is 22.3. The molecule has 0 aliphatic carbocycles. The van der Waals surface area contributed by atoms with Crippen LogP contribution < -0.4 is 4.74 Å². The number of halogens is 3. The van der Waals surface area contributed by atoms with Crippen molar-refractivity contribution >= 4 is 46.7 Å². The smallest absolute Gasteiger partial charge is 0.351 e. The minimum absolute atomic E-state index is 0.0687. The molecule has 0 amide bonds. The molecular weight excluding hydrogens is 314 g/mol. The lowest BCUT2D eigenvalue weighted by Gasteiger charge is -2.08. The van der Waals surface area contributed by atoms with E-state index >= 15 is 0 Å². The van der Waals surface area contributed by atoms with Crippen LogP contribution in [0.25, 0.3) is 0 Å². The van der Waals surface area contributed by atoms with Crippen LogP contribution in [-0.4, -0.2) is 18.5 Å². The van der Waals surface area contributed by atoms with E-state index in [1.165, 1.54) is 12.1 Å². The van der Waals surface area contributed by atoms with Gasteiger partial charge in [0, 0.05) is 12.5 Å². The second-order valence-corrected chi connectivity index (χ2v) is 4.66. The maximum absolute atomic E-state index is 11.3. The van der Waals surface area contributed by atoms with Gasteiger partial charge >= 0.3 is 11.9 Å². The van der Waals surface area contributed by atoms with Crippen LogP contribution in [0.2, 0.25) is 15.1 Å². The Hall–Kier alpha value is -0.970. The lowest BCUT2D eigenvalue weighted by atomic mass is 10.3. The maximum Gasteiger partial charge on any atom is 0.351 e. The zero-order valence-corrected chi connectivity index (χ0v) is 12.0. The fraction of sp³-hybridized carbons (Fsp3) is 0.250. The lowest BCUT2D eigenvalue weighted by Crippen LogP contribution is -2.19. The van der Waals surface area contributed by atoms with Gasteiger partial charge in [0.25, 0.3) is 0 Å². The Morgan fingerprint density at radius 1 is 1.05 bits per heavy atom. The first kappa shape index (κ1) is 16.1. The van der Waals surface area contributed by atoms with Gasteiger partial charge in [-0.1, -0.05) is 41.7 Å². The molecule has 0 heterocycles. The largest absolute Gasteiger partial charge is 0.480 e. The summed E-state index contributed by atoms with van der Waals surface area (Å²) in [7, 11) is 0. The van der Waals surface area contributed by atoms with Gasteiger partial charge in [-0.15, -0.1) is 0 Å². The van der Waals surface area contributed by atoms with Crippen LogP contribution in [0, 0.1) is 6.92 Å². The van der Waals surface area contributed by atoms with E-state index in [4.69, 9.17) is 39.5 Å². The number of carbonyl (C=O) groups is 2. The van der Waals surface area contributed by atoms with Crippen LogP contribution in [0.1, 0.15) is 12.8 Å². The van der Waals surface area contributed by atoms with E-state index in [0.717, 1.165) is 0 Å². The van der Waals surface area contributed by atoms with Crippen molar-refractivity contribution in [3.05, 3.63) is 34.1 Å². The van der Waals surface area contributed by atoms with Crippen LogP contribution in [-0.2, 0) is 14.3 Å². The van der Waals surface area contributed by atoms with Crippen molar-refractivity contribution in [3.63, 3.8) is 0 Å². The van der Waals surface area contributed by atoms with Gasteiger partial charge in [-0.25, -0.2) is 4.79 Å². The quantitative estimate of drug-likeness (QED) is 0.471. The average Bonchev–Trinajstić information content (AvgIpc) is 2.32. The van der Waals surface area contributed by atoms with Gasteiger partial charge in [0.2, 0.25) is 0 Å². The summed E-state index contributed by atoms with van der Waals surface area (Å²) < 4.78 is 9.56. The van der Waals surface area contributed by atoms with Gasteiger partial charge in [0.15, 0.2) is 6.61 Å². The topological polar surface area (TPSA) is 52.6 Å². The van der Waals surface area contributed by atoms with Crippen LogP contribution in [0.4, 0.5) is 0 Å². The summed E-state index contributed by atoms with van der Waals surface area (Å²) in [6.45, 7) is 3.01. The fourth-order valence-electron chi connectivity index (χ4n) is 1.10. The Kier molecular flexibility index (Phi) is 6.42. The second-order valence-electron chi connectivity index (χ2n) is 3.44. The minimum Gasteiger partial charge on any atom is -0.480 e. The maximum atomic E-state index is 11.3. The van der Waals surface area contributed by atoms with Gasteiger partial charge in [-0.3, -0.25) is 4.79 Å². The molecule has 0 N–H and O–H groups in total. The fourth-order valence-corrected chi connectivity index (χ4v) is 1.69. The molecule has 0 fully saturated rings. The predicted octanol–water partition coefficient (Wildman–Crippen LogP) is 3.71. The molecule has 0 aliphatic rings. The summed E-state index contributed by atoms with van der Waals surface area (Å²) >= 11 is 17.4. The predicted molar refractivity (Wildman–Crippen MR) is 72.7 cm³/mol. The van der Waals surface area contributed by atoms with Crippen molar-refractivity contribution in [1.82, 2.24) is 0 Å². The molecular formula is C12H10Cl3O4. The normalized spacial score (nSPS) is 10.1. The molecule has 0 saturated carbocycles. The summed E-state index contributed by atoms with van der Waals surface area (Å²) in [6.07, 6.45) is 0.421. The number of benzene rings is 1. The average molecular weight is 325 g/mol. The van der Waals surface area contributed by atoms with E-state index < -0.39 is 18.5 Å².